The molecule has 118 valence electrons. The number of nitrogens with zero attached hydrogens (tertiary/aromatic N) is 1. The van der Waals surface area contributed by atoms with Gasteiger partial charge in [0, 0.05) is 31.1 Å². The highest BCUT2D eigenvalue weighted by Gasteiger charge is 2.23. The molecule has 0 radical (unpaired) electrons. The fraction of sp³-hybridized carbons (Fsp3) is 0.500. The zero-order valence-electron chi connectivity index (χ0n) is 13.5. The number of ether oxygens (including phenoxy) is 1. The van der Waals surface area contributed by atoms with E-state index < -0.39 is 0 Å². The Kier molecular flexibility index (Phi) is 4.32. The van der Waals surface area contributed by atoms with Crippen molar-refractivity contribution < 1.29 is 9.15 Å². The van der Waals surface area contributed by atoms with E-state index in [9.17, 15) is 4.79 Å². The molecule has 1 fully saturated rings. The second kappa shape index (κ2) is 6.23. The minimum Gasteiger partial charge on any atom is -0.423 e. The molecule has 2 aromatic rings. The molecule has 22 heavy (non-hydrogen) atoms. The highest BCUT2D eigenvalue weighted by atomic mass is 16.5. The molecule has 0 aliphatic carbocycles. The summed E-state index contributed by atoms with van der Waals surface area (Å²) in [6, 6.07) is 7.70. The Morgan fingerprint density at radius 3 is 2.59 bits per heavy atom. The van der Waals surface area contributed by atoms with Crippen molar-refractivity contribution in [1.82, 2.24) is 4.90 Å². The number of fused-ring (bicyclic) bond motifs is 1. The molecule has 2 heterocycles. The molecular formula is C18H23NO3. The predicted molar refractivity (Wildman–Crippen MR) is 87.1 cm³/mol. The van der Waals surface area contributed by atoms with Gasteiger partial charge < -0.3 is 9.15 Å². The van der Waals surface area contributed by atoms with E-state index >= 15 is 0 Å². The first-order valence-electron chi connectivity index (χ1n) is 7.98. The lowest BCUT2D eigenvalue weighted by Crippen LogP contribution is -2.44. The van der Waals surface area contributed by atoms with Gasteiger partial charge in [-0.3, -0.25) is 4.90 Å². The summed E-state index contributed by atoms with van der Waals surface area (Å²) in [5.74, 6) is 0. The molecule has 0 saturated carbocycles. The summed E-state index contributed by atoms with van der Waals surface area (Å²) in [6.07, 6.45) is 1.42. The van der Waals surface area contributed by atoms with Crippen LogP contribution in [0, 0.1) is 0 Å². The molecule has 4 nitrogen and oxygen atoms in total. The number of aryl methyl sites for hydroxylation is 1. The number of benzene rings is 1. The summed E-state index contributed by atoms with van der Waals surface area (Å²) in [4.78, 5) is 14.2. The monoisotopic (exact) mass is 301 g/mol. The number of rotatable bonds is 3. The molecule has 0 N–H and O–H groups in total. The van der Waals surface area contributed by atoms with Crippen molar-refractivity contribution in [2.24, 2.45) is 0 Å². The van der Waals surface area contributed by atoms with Gasteiger partial charge in [-0.1, -0.05) is 13.0 Å². The van der Waals surface area contributed by atoms with Gasteiger partial charge >= 0.3 is 5.63 Å². The van der Waals surface area contributed by atoms with Gasteiger partial charge in [-0.05, 0) is 43.5 Å². The first kappa shape index (κ1) is 15.3. The van der Waals surface area contributed by atoms with Crippen molar-refractivity contribution in [3.8, 4) is 0 Å². The third-order valence-electron chi connectivity index (χ3n) is 4.19. The topological polar surface area (TPSA) is 42.7 Å². The van der Waals surface area contributed by atoms with Crippen LogP contribution in [0.3, 0.4) is 0 Å². The van der Waals surface area contributed by atoms with Crippen molar-refractivity contribution in [1.29, 1.82) is 0 Å². The Balaban J connectivity index is 1.96. The van der Waals surface area contributed by atoms with E-state index in [4.69, 9.17) is 9.15 Å². The third kappa shape index (κ3) is 3.23. The van der Waals surface area contributed by atoms with Crippen LogP contribution < -0.4 is 5.63 Å². The molecule has 1 aliphatic heterocycles. The van der Waals surface area contributed by atoms with E-state index in [1.165, 1.54) is 5.56 Å². The van der Waals surface area contributed by atoms with Gasteiger partial charge in [-0.15, -0.1) is 0 Å². The molecular weight excluding hydrogens is 278 g/mol. The van der Waals surface area contributed by atoms with Gasteiger partial charge in [0.15, 0.2) is 0 Å². The average Bonchev–Trinajstić information content (AvgIpc) is 2.45. The van der Waals surface area contributed by atoms with Gasteiger partial charge in [0.1, 0.15) is 5.58 Å². The molecule has 0 amide bonds. The van der Waals surface area contributed by atoms with Crippen molar-refractivity contribution in [2.75, 3.05) is 13.1 Å². The fourth-order valence-corrected chi connectivity index (χ4v) is 3.28. The Morgan fingerprint density at radius 1 is 1.18 bits per heavy atom. The standard InChI is InChI=1S/C18H23NO3/c1-4-14-5-6-17-16(7-14)15(8-18(20)22-17)11-19-9-12(2)21-13(3)10-19/h5-8,12-13H,4,9-11H2,1-3H3/t12-,13-/m0/s1. The Bertz CT molecular complexity index is 712. The summed E-state index contributed by atoms with van der Waals surface area (Å²) < 4.78 is 11.1. The van der Waals surface area contributed by atoms with Crippen LogP contribution in [0.2, 0.25) is 0 Å². The van der Waals surface area contributed by atoms with E-state index in [1.54, 1.807) is 6.07 Å². The van der Waals surface area contributed by atoms with Gasteiger partial charge in [0.25, 0.3) is 0 Å². The predicted octanol–water partition coefficient (Wildman–Crippen LogP) is 2.96. The maximum absolute atomic E-state index is 11.8. The van der Waals surface area contributed by atoms with Crippen molar-refractivity contribution in [3.63, 3.8) is 0 Å². The Hall–Kier alpha value is -1.65. The summed E-state index contributed by atoms with van der Waals surface area (Å²) in [5, 5.41) is 1.05. The molecule has 3 rings (SSSR count). The summed E-state index contributed by atoms with van der Waals surface area (Å²) in [5.41, 5.74) is 2.70. The Morgan fingerprint density at radius 2 is 1.91 bits per heavy atom. The number of hydrogen-bond donors (Lipinski definition) is 0. The number of morpholine rings is 1. The largest absolute Gasteiger partial charge is 0.423 e. The lowest BCUT2D eigenvalue weighted by molar-refractivity contribution is -0.0704. The van der Waals surface area contributed by atoms with Gasteiger partial charge in [-0.2, -0.15) is 0 Å². The third-order valence-corrected chi connectivity index (χ3v) is 4.19. The second-order valence-electron chi connectivity index (χ2n) is 6.23. The first-order chi connectivity index (χ1) is 10.5. The van der Waals surface area contributed by atoms with Crippen LogP contribution in [0.25, 0.3) is 11.0 Å². The van der Waals surface area contributed by atoms with Gasteiger partial charge in [0.05, 0.1) is 12.2 Å². The summed E-state index contributed by atoms with van der Waals surface area (Å²) in [7, 11) is 0. The van der Waals surface area contributed by atoms with E-state index in [0.717, 1.165) is 37.0 Å². The van der Waals surface area contributed by atoms with Gasteiger partial charge in [0.2, 0.25) is 0 Å². The SMILES string of the molecule is CCc1ccc2oc(=O)cc(CN3C[C@H](C)O[C@@H](C)C3)c2c1. The van der Waals surface area contributed by atoms with E-state index in [1.807, 2.05) is 12.1 Å². The van der Waals surface area contributed by atoms with Crippen molar-refractivity contribution in [2.45, 2.75) is 45.9 Å². The molecule has 1 saturated heterocycles. The highest BCUT2D eigenvalue weighted by Crippen LogP contribution is 2.22. The van der Waals surface area contributed by atoms with E-state index in [2.05, 4.69) is 31.7 Å². The van der Waals surface area contributed by atoms with Crippen LogP contribution >= 0.6 is 0 Å². The number of hydrogen-bond acceptors (Lipinski definition) is 4. The van der Waals surface area contributed by atoms with Crippen molar-refractivity contribution in [3.05, 3.63) is 45.8 Å². The maximum Gasteiger partial charge on any atom is 0.336 e. The smallest absolute Gasteiger partial charge is 0.336 e. The zero-order chi connectivity index (χ0) is 15.7. The molecule has 1 aromatic heterocycles. The highest BCUT2D eigenvalue weighted by molar-refractivity contribution is 5.80. The van der Waals surface area contributed by atoms with E-state index in [-0.39, 0.29) is 17.8 Å². The molecule has 0 bridgehead atoms. The van der Waals surface area contributed by atoms with Crippen LogP contribution in [0.4, 0.5) is 0 Å². The minimum atomic E-state index is -0.277. The lowest BCUT2D eigenvalue weighted by atomic mass is 10.0. The van der Waals surface area contributed by atoms with Crippen LogP contribution in [0.15, 0.2) is 33.5 Å². The van der Waals surface area contributed by atoms with Crippen LogP contribution in [-0.4, -0.2) is 30.2 Å². The van der Waals surface area contributed by atoms with Crippen LogP contribution in [-0.2, 0) is 17.7 Å². The van der Waals surface area contributed by atoms with E-state index in [0.29, 0.717) is 5.58 Å². The first-order valence-corrected chi connectivity index (χ1v) is 7.98. The summed E-state index contributed by atoms with van der Waals surface area (Å²) >= 11 is 0. The molecule has 0 spiro atoms. The molecule has 0 unspecified atom stereocenters. The fourth-order valence-electron chi connectivity index (χ4n) is 3.28. The maximum atomic E-state index is 11.8. The molecule has 1 aromatic carbocycles. The molecule has 2 atom stereocenters. The van der Waals surface area contributed by atoms with Crippen LogP contribution in [0.1, 0.15) is 31.9 Å². The molecule has 4 heteroatoms. The lowest BCUT2D eigenvalue weighted by Gasteiger charge is -2.35. The van der Waals surface area contributed by atoms with Gasteiger partial charge in [-0.25, -0.2) is 4.79 Å². The average molecular weight is 301 g/mol. The molecule has 1 aliphatic rings. The normalized spacial score (nSPS) is 23.0. The second-order valence-corrected chi connectivity index (χ2v) is 6.23. The Labute approximate surface area is 130 Å². The van der Waals surface area contributed by atoms with Crippen molar-refractivity contribution >= 4 is 11.0 Å². The quantitative estimate of drug-likeness (QED) is 0.818. The zero-order valence-corrected chi connectivity index (χ0v) is 13.5. The van der Waals surface area contributed by atoms with Crippen LogP contribution in [0.5, 0.6) is 0 Å². The summed E-state index contributed by atoms with van der Waals surface area (Å²) in [6.45, 7) is 8.85. The minimum absolute atomic E-state index is 0.223.